The van der Waals surface area contributed by atoms with Crippen molar-refractivity contribution in [2.45, 2.75) is 6.54 Å². The third-order valence-electron chi connectivity index (χ3n) is 4.00. The highest BCUT2D eigenvalue weighted by Crippen LogP contribution is 2.38. The number of rotatable bonds is 4. The molecule has 6 nitrogen and oxygen atoms in total. The lowest BCUT2D eigenvalue weighted by molar-refractivity contribution is 0.174. The molecule has 0 saturated carbocycles. The molecule has 0 atom stereocenters. The summed E-state index contributed by atoms with van der Waals surface area (Å²) >= 11 is 0. The number of hydrogen-bond donors (Lipinski definition) is 1. The zero-order valence-corrected chi connectivity index (χ0v) is 13.6. The first-order valence-corrected chi connectivity index (χ1v) is 7.85. The largest absolute Gasteiger partial charge is 0.454 e. The van der Waals surface area contributed by atoms with E-state index in [4.69, 9.17) is 19.9 Å². The Balaban J connectivity index is 1.68. The highest BCUT2D eigenvalue weighted by Gasteiger charge is 2.18. The third kappa shape index (κ3) is 2.89. The van der Waals surface area contributed by atoms with Crippen LogP contribution in [0.2, 0.25) is 0 Å². The van der Waals surface area contributed by atoms with Crippen molar-refractivity contribution in [1.29, 1.82) is 5.26 Å². The van der Waals surface area contributed by atoms with E-state index in [9.17, 15) is 9.65 Å². The van der Waals surface area contributed by atoms with Crippen LogP contribution in [-0.4, -0.2) is 11.4 Å². The van der Waals surface area contributed by atoms with Gasteiger partial charge in [-0.25, -0.2) is 4.39 Å². The maximum absolute atomic E-state index is 13.1. The summed E-state index contributed by atoms with van der Waals surface area (Å²) in [6, 6.07) is 14.9. The first kappa shape index (κ1) is 15.8. The Labute approximate surface area is 148 Å². The van der Waals surface area contributed by atoms with Crippen molar-refractivity contribution >= 4 is 5.69 Å². The van der Waals surface area contributed by atoms with E-state index in [0.29, 0.717) is 41.1 Å². The molecule has 0 bridgehead atoms. The molecule has 2 aromatic carbocycles. The molecule has 26 heavy (non-hydrogen) atoms. The van der Waals surface area contributed by atoms with Crippen LogP contribution < -0.4 is 19.9 Å². The number of ether oxygens (including phenoxy) is 3. The first-order chi connectivity index (χ1) is 12.6. The minimum atomic E-state index is -0.321. The molecular weight excluding hydrogens is 337 g/mol. The Morgan fingerprint density at radius 3 is 2.65 bits per heavy atom. The Kier molecular flexibility index (Phi) is 3.86. The van der Waals surface area contributed by atoms with Gasteiger partial charge in [-0.3, -0.25) is 4.57 Å². The van der Waals surface area contributed by atoms with Gasteiger partial charge in [-0.15, -0.1) is 0 Å². The van der Waals surface area contributed by atoms with E-state index >= 15 is 0 Å². The second-order valence-corrected chi connectivity index (χ2v) is 5.73. The van der Waals surface area contributed by atoms with Crippen LogP contribution in [-0.2, 0) is 6.54 Å². The Bertz CT molecular complexity index is 1010. The van der Waals surface area contributed by atoms with Crippen LogP contribution in [0.4, 0.5) is 10.1 Å². The predicted octanol–water partition coefficient (Wildman–Crippen LogP) is 3.65. The van der Waals surface area contributed by atoms with Gasteiger partial charge in [0.2, 0.25) is 12.7 Å². The molecule has 3 aromatic rings. The van der Waals surface area contributed by atoms with Gasteiger partial charge in [0.15, 0.2) is 11.5 Å². The Morgan fingerprint density at radius 2 is 1.88 bits per heavy atom. The number of nitrogens with two attached hydrogens (primary N) is 1. The van der Waals surface area contributed by atoms with Crippen LogP contribution in [0, 0.1) is 17.1 Å². The van der Waals surface area contributed by atoms with Crippen LogP contribution in [0.25, 0.3) is 0 Å². The number of aromatic nitrogens is 1. The normalized spacial score (nSPS) is 12.0. The molecule has 0 saturated heterocycles. The number of halogens is 1. The highest BCUT2D eigenvalue weighted by molar-refractivity contribution is 5.57. The van der Waals surface area contributed by atoms with Gasteiger partial charge in [0.25, 0.3) is 0 Å². The molecule has 7 heteroatoms. The standard InChI is InChI=1S/C19H14FN3O3/c20-13-3-1-12(2-4-13)10-23-14(9-21)7-16(22)19(23)26-15-5-6-17-18(8-15)25-11-24-17/h1-8H,10-11,22H2. The quantitative estimate of drug-likeness (QED) is 0.776. The minimum Gasteiger partial charge on any atom is -0.454 e. The maximum atomic E-state index is 13.1. The van der Waals surface area contributed by atoms with Gasteiger partial charge >= 0.3 is 0 Å². The summed E-state index contributed by atoms with van der Waals surface area (Å²) < 4.78 is 31.3. The van der Waals surface area contributed by atoms with Crippen LogP contribution in [0.5, 0.6) is 23.1 Å². The maximum Gasteiger partial charge on any atom is 0.231 e. The van der Waals surface area contributed by atoms with E-state index in [0.717, 1.165) is 5.56 Å². The number of fused-ring (bicyclic) bond motifs is 1. The molecule has 0 aliphatic carbocycles. The topological polar surface area (TPSA) is 82.4 Å². The molecule has 4 rings (SSSR count). The molecule has 0 amide bonds. The molecule has 0 spiro atoms. The van der Waals surface area contributed by atoms with Crippen molar-refractivity contribution in [2.75, 3.05) is 12.5 Å². The smallest absolute Gasteiger partial charge is 0.231 e. The fourth-order valence-corrected chi connectivity index (χ4v) is 2.74. The van der Waals surface area contributed by atoms with Crippen molar-refractivity contribution < 1.29 is 18.6 Å². The van der Waals surface area contributed by atoms with Gasteiger partial charge in [0.05, 0.1) is 12.2 Å². The number of anilines is 1. The van der Waals surface area contributed by atoms with Gasteiger partial charge in [-0.2, -0.15) is 5.26 Å². The Hall–Kier alpha value is -3.66. The fourth-order valence-electron chi connectivity index (χ4n) is 2.74. The van der Waals surface area contributed by atoms with Gasteiger partial charge in [-0.1, -0.05) is 12.1 Å². The van der Waals surface area contributed by atoms with Crippen LogP contribution in [0.15, 0.2) is 48.5 Å². The highest BCUT2D eigenvalue weighted by atomic mass is 19.1. The molecule has 2 heterocycles. The van der Waals surface area contributed by atoms with E-state index in [1.165, 1.54) is 12.1 Å². The zero-order chi connectivity index (χ0) is 18.1. The number of nitrogen functional groups attached to an aromatic ring is 1. The molecular formula is C19H14FN3O3. The summed E-state index contributed by atoms with van der Waals surface area (Å²) in [6.45, 7) is 0.487. The summed E-state index contributed by atoms with van der Waals surface area (Å²) in [6.07, 6.45) is 0. The number of nitriles is 1. The molecule has 0 radical (unpaired) electrons. The van der Waals surface area contributed by atoms with Crippen LogP contribution >= 0.6 is 0 Å². The van der Waals surface area contributed by atoms with Gasteiger partial charge in [0, 0.05) is 12.1 Å². The molecule has 2 N–H and O–H groups in total. The van der Waals surface area contributed by atoms with Crippen molar-refractivity contribution in [2.24, 2.45) is 0 Å². The third-order valence-corrected chi connectivity index (χ3v) is 4.00. The van der Waals surface area contributed by atoms with Crippen molar-refractivity contribution in [3.8, 4) is 29.2 Å². The van der Waals surface area contributed by atoms with Gasteiger partial charge in [-0.05, 0) is 29.8 Å². The summed E-state index contributed by atoms with van der Waals surface area (Å²) in [4.78, 5) is 0. The number of benzene rings is 2. The van der Waals surface area contributed by atoms with Crippen molar-refractivity contribution in [1.82, 2.24) is 4.57 Å². The van der Waals surface area contributed by atoms with Crippen molar-refractivity contribution in [3.05, 3.63) is 65.6 Å². The number of nitrogens with zero attached hydrogens (tertiary/aromatic N) is 2. The van der Waals surface area contributed by atoms with Crippen molar-refractivity contribution in [3.63, 3.8) is 0 Å². The SMILES string of the molecule is N#Cc1cc(N)c(Oc2ccc3c(c2)OCO3)n1Cc1ccc(F)cc1. The van der Waals surface area contributed by atoms with Crippen LogP contribution in [0.1, 0.15) is 11.3 Å². The first-order valence-electron chi connectivity index (χ1n) is 7.85. The van der Waals surface area contributed by atoms with E-state index in [2.05, 4.69) is 6.07 Å². The second-order valence-electron chi connectivity index (χ2n) is 5.73. The summed E-state index contributed by atoms with van der Waals surface area (Å²) in [5.74, 6) is 1.75. The lowest BCUT2D eigenvalue weighted by Gasteiger charge is -2.13. The average Bonchev–Trinajstić information content (AvgIpc) is 3.22. The lowest BCUT2D eigenvalue weighted by atomic mass is 10.2. The minimum absolute atomic E-state index is 0.167. The van der Waals surface area contributed by atoms with E-state index in [1.54, 1.807) is 41.0 Å². The van der Waals surface area contributed by atoms with E-state index in [-0.39, 0.29) is 12.6 Å². The fraction of sp³-hybridized carbons (Fsp3) is 0.105. The molecule has 0 fully saturated rings. The molecule has 0 unspecified atom stereocenters. The molecule has 1 aliphatic rings. The summed E-state index contributed by atoms with van der Waals surface area (Å²) in [5, 5.41) is 9.39. The zero-order valence-electron chi connectivity index (χ0n) is 13.6. The molecule has 1 aliphatic heterocycles. The molecule has 1 aromatic heterocycles. The molecule has 130 valence electrons. The van der Waals surface area contributed by atoms with Gasteiger partial charge < -0.3 is 19.9 Å². The second kappa shape index (κ2) is 6.33. The van der Waals surface area contributed by atoms with E-state index in [1.807, 2.05) is 0 Å². The predicted molar refractivity (Wildman–Crippen MR) is 91.7 cm³/mol. The lowest BCUT2D eigenvalue weighted by Crippen LogP contribution is -2.05. The average molecular weight is 351 g/mol. The summed E-state index contributed by atoms with van der Waals surface area (Å²) in [7, 11) is 0. The summed E-state index contributed by atoms with van der Waals surface area (Å²) in [5.41, 5.74) is 7.54. The van der Waals surface area contributed by atoms with Gasteiger partial charge in [0.1, 0.15) is 23.3 Å². The Morgan fingerprint density at radius 1 is 1.12 bits per heavy atom. The monoisotopic (exact) mass is 351 g/mol. The van der Waals surface area contributed by atoms with E-state index < -0.39 is 0 Å². The van der Waals surface area contributed by atoms with Crippen LogP contribution in [0.3, 0.4) is 0 Å². The number of hydrogen-bond acceptors (Lipinski definition) is 5.